The van der Waals surface area contributed by atoms with Crippen LogP contribution in [0.15, 0.2) is 47.4 Å². The average molecular weight is 417 g/mol. The molecule has 29 heavy (non-hydrogen) atoms. The summed E-state index contributed by atoms with van der Waals surface area (Å²) < 4.78 is 11.8. The van der Waals surface area contributed by atoms with E-state index in [9.17, 15) is 19.5 Å². The molecular formula is C20H17ClN2O6. The molecule has 0 saturated heterocycles. The predicted octanol–water partition coefficient (Wildman–Crippen LogP) is 3.01. The van der Waals surface area contributed by atoms with Gasteiger partial charge in [0.2, 0.25) is 11.3 Å². The summed E-state index contributed by atoms with van der Waals surface area (Å²) in [6.45, 7) is -0.228. The van der Waals surface area contributed by atoms with Crippen LogP contribution in [0.5, 0.6) is 11.5 Å². The molecule has 8 nitrogen and oxygen atoms in total. The number of halogens is 1. The zero-order valence-corrected chi connectivity index (χ0v) is 16.3. The number of fused-ring (bicyclic) bond motifs is 1. The van der Waals surface area contributed by atoms with E-state index in [-0.39, 0.29) is 17.0 Å². The number of para-hydroxylation sites is 1. The van der Waals surface area contributed by atoms with Crippen molar-refractivity contribution in [2.24, 2.45) is 0 Å². The Hall–Kier alpha value is -3.52. The van der Waals surface area contributed by atoms with Crippen LogP contribution in [0.1, 0.15) is 10.4 Å². The molecule has 1 heterocycles. The highest BCUT2D eigenvalue weighted by Gasteiger charge is 2.17. The Labute approximate surface area is 170 Å². The van der Waals surface area contributed by atoms with Gasteiger partial charge in [0.05, 0.1) is 30.4 Å². The minimum Gasteiger partial charge on any atom is -0.495 e. The normalized spacial score (nSPS) is 10.6. The van der Waals surface area contributed by atoms with E-state index >= 15 is 0 Å². The first-order chi connectivity index (χ1) is 13.8. The van der Waals surface area contributed by atoms with Gasteiger partial charge in [0.1, 0.15) is 23.6 Å². The predicted molar refractivity (Wildman–Crippen MR) is 108 cm³/mol. The minimum absolute atomic E-state index is 0.213. The van der Waals surface area contributed by atoms with Gasteiger partial charge >= 0.3 is 5.97 Å². The summed E-state index contributed by atoms with van der Waals surface area (Å²) in [7, 11) is 2.90. The first-order valence-corrected chi connectivity index (χ1v) is 8.80. The van der Waals surface area contributed by atoms with Crippen molar-refractivity contribution in [3.63, 3.8) is 0 Å². The molecule has 0 atom stereocenters. The van der Waals surface area contributed by atoms with Gasteiger partial charge < -0.3 is 24.5 Å². The Kier molecular flexibility index (Phi) is 5.74. The summed E-state index contributed by atoms with van der Waals surface area (Å²) in [5.74, 6) is -1.09. The van der Waals surface area contributed by atoms with Gasteiger partial charge in [-0.05, 0) is 18.2 Å². The van der Waals surface area contributed by atoms with Gasteiger partial charge in [0.25, 0.3) is 0 Å². The number of pyridine rings is 1. The molecule has 0 bridgehead atoms. The summed E-state index contributed by atoms with van der Waals surface area (Å²) in [5.41, 5.74) is -0.251. The van der Waals surface area contributed by atoms with E-state index in [0.717, 1.165) is 6.20 Å². The third-order valence-electron chi connectivity index (χ3n) is 4.28. The van der Waals surface area contributed by atoms with E-state index < -0.39 is 22.9 Å². The standard InChI is InChI=1S/C20H17ClN2O6/c1-28-16-8-17(29-2)14(7-13(16)21)22-18(24)10-23-9-12(20(26)27)19(25)11-5-3-4-6-15(11)23/h3-9H,10H2,1-2H3,(H,22,24)(H,26,27). The fourth-order valence-electron chi connectivity index (χ4n) is 2.93. The van der Waals surface area contributed by atoms with Gasteiger partial charge in [-0.15, -0.1) is 0 Å². The van der Waals surface area contributed by atoms with E-state index in [1.54, 1.807) is 18.2 Å². The molecule has 2 N–H and O–H groups in total. The van der Waals surface area contributed by atoms with Crippen molar-refractivity contribution in [2.75, 3.05) is 19.5 Å². The number of benzene rings is 2. The molecule has 3 rings (SSSR count). The number of carbonyl (C=O) groups is 2. The molecule has 3 aromatic rings. The summed E-state index contributed by atoms with van der Waals surface area (Å²) in [4.78, 5) is 36.4. The molecular weight excluding hydrogens is 400 g/mol. The maximum Gasteiger partial charge on any atom is 0.341 e. The van der Waals surface area contributed by atoms with Crippen LogP contribution in [0.3, 0.4) is 0 Å². The minimum atomic E-state index is -1.36. The number of methoxy groups -OCH3 is 2. The van der Waals surface area contributed by atoms with Gasteiger partial charge in [0, 0.05) is 17.6 Å². The average Bonchev–Trinajstić information content (AvgIpc) is 2.70. The van der Waals surface area contributed by atoms with Crippen molar-refractivity contribution in [1.29, 1.82) is 0 Å². The lowest BCUT2D eigenvalue weighted by Crippen LogP contribution is -2.24. The highest BCUT2D eigenvalue weighted by atomic mass is 35.5. The van der Waals surface area contributed by atoms with Gasteiger partial charge in [-0.25, -0.2) is 4.79 Å². The number of amides is 1. The summed E-state index contributed by atoms with van der Waals surface area (Å²) >= 11 is 6.12. The van der Waals surface area contributed by atoms with Crippen LogP contribution in [0.4, 0.5) is 5.69 Å². The number of ether oxygens (including phenoxy) is 2. The number of aromatic carboxylic acids is 1. The maximum absolute atomic E-state index is 12.6. The van der Waals surface area contributed by atoms with Crippen LogP contribution in [0.2, 0.25) is 5.02 Å². The first-order valence-electron chi connectivity index (χ1n) is 8.42. The monoisotopic (exact) mass is 416 g/mol. The smallest absolute Gasteiger partial charge is 0.341 e. The van der Waals surface area contributed by atoms with Crippen LogP contribution >= 0.6 is 11.6 Å². The molecule has 2 aromatic carbocycles. The Balaban J connectivity index is 1.97. The molecule has 0 saturated carbocycles. The van der Waals surface area contributed by atoms with Crippen molar-refractivity contribution in [1.82, 2.24) is 4.57 Å². The Bertz CT molecular complexity index is 1170. The number of nitrogens with zero attached hydrogens (tertiary/aromatic N) is 1. The van der Waals surface area contributed by atoms with Crippen molar-refractivity contribution < 1.29 is 24.2 Å². The highest BCUT2D eigenvalue weighted by Crippen LogP contribution is 2.35. The van der Waals surface area contributed by atoms with Gasteiger partial charge in [-0.2, -0.15) is 0 Å². The largest absolute Gasteiger partial charge is 0.495 e. The summed E-state index contributed by atoms with van der Waals surface area (Å²) in [6.07, 6.45) is 1.16. The highest BCUT2D eigenvalue weighted by molar-refractivity contribution is 6.32. The van der Waals surface area contributed by atoms with Crippen molar-refractivity contribution in [3.05, 3.63) is 63.4 Å². The van der Waals surface area contributed by atoms with Crippen LogP contribution in [-0.4, -0.2) is 35.8 Å². The lowest BCUT2D eigenvalue weighted by Gasteiger charge is -2.15. The van der Waals surface area contributed by atoms with E-state index in [2.05, 4.69) is 5.32 Å². The number of aromatic nitrogens is 1. The molecule has 0 aliphatic carbocycles. The van der Waals surface area contributed by atoms with Gasteiger partial charge in [-0.3, -0.25) is 9.59 Å². The second kappa shape index (κ2) is 8.24. The van der Waals surface area contributed by atoms with E-state index in [1.807, 2.05) is 0 Å². The number of carbonyl (C=O) groups excluding carboxylic acids is 1. The molecule has 1 aromatic heterocycles. The van der Waals surface area contributed by atoms with Crippen LogP contribution in [-0.2, 0) is 11.3 Å². The van der Waals surface area contributed by atoms with E-state index in [0.29, 0.717) is 22.7 Å². The molecule has 150 valence electrons. The fraction of sp³-hybridized carbons (Fsp3) is 0.150. The molecule has 0 aliphatic heterocycles. The summed E-state index contributed by atoms with van der Waals surface area (Å²) in [5, 5.41) is 12.5. The molecule has 0 unspecified atom stereocenters. The number of carboxylic acids is 1. The van der Waals surface area contributed by atoms with Crippen molar-refractivity contribution in [3.8, 4) is 11.5 Å². The van der Waals surface area contributed by atoms with Crippen LogP contribution < -0.4 is 20.2 Å². The molecule has 0 spiro atoms. The maximum atomic E-state index is 12.6. The number of hydrogen-bond acceptors (Lipinski definition) is 5. The Morgan fingerprint density at radius 2 is 1.83 bits per heavy atom. The molecule has 0 radical (unpaired) electrons. The number of anilines is 1. The number of nitrogens with one attached hydrogen (secondary N) is 1. The SMILES string of the molecule is COc1cc(OC)c(NC(=O)Cn2cc(C(=O)O)c(=O)c3ccccc32)cc1Cl. The lowest BCUT2D eigenvalue weighted by molar-refractivity contribution is -0.116. The molecule has 1 amide bonds. The Morgan fingerprint density at radius 3 is 2.48 bits per heavy atom. The van der Waals surface area contributed by atoms with Gasteiger partial charge in [0.15, 0.2) is 0 Å². The number of hydrogen-bond donors (Lipinski definition) is 2. The summed E-state index contributed by atoms with van der Waals surface area (Å²) in [6, 6.07) is 9.51. The first kappa shape index (κ1) is 20.2. The topological polar surface area (TPSA) is 107 Å². The molecule has 0 aliphatic rings. The second-order valence-corrected chi connectivity index (χ2v) is 6.46. The van der Waals surface area contributed by atoms with Crippen molar-refractivity contribution in [2.45, 2.75) is 6.54 Å². The second-order valence-electron chi connectivity index (χ2n) is 6.06. The zero-order chi connectivity index (χ0) is 21.1. The number of rotatable bonds is 6. The van der Waals surface area contributed by atoms with Crippen molar-refractivity contribution >= 4 is 40.1 Å². The van der Waals surface area contributed by atoms with E-state index in [1.165, 1.54) is 37.0 Å². The third kappa shape index (κ3) is 4.02. The molecule has 9 heteroatoms. The lowest BCUT2D eigenvalue weighted by atomic mass is 10.1. The van der Waals surface area contributed by atoms with Crippen LogP contribution in [0, 0.1) is 0 Å². The van der Waals surface area contributed by atoms with Gasteiger partial charge in [-0.1, -0.05) is 23.7 Å². The van der Waals surface area contributed by atoms with E-state index in [4.69, 9.17) is 21.1 Å². The fourth-order valence-corrected chi connectivity index (χ4v) is 3.17. The Morgan fingerprint density at radius 1 is 1.14 bits per heavy atom. The van der Waals surface area contributed by atoms with Crippen LogP contribution in [0.25, 0.3) is 10.9 Å². The zero-order valence-electron chi connectivity index (χ0n) is 15.6. The third-order valence-corrected chi connectivity index (χ3v) is 4.58. The molecule has 0 fully saturated rings. The number of carboxylic acid groups (broad SMARTS) is 1. The quantitative estimate of drug-likeness (QED) is 0.639.